The van der Waals surface area contributed by atoms with Gasteiger partial charge in [-0.3, -0.25) is 4.79 Å². The lowest BCUT2D eigenvalue weighted by molar-refractivity contribution is 0.111. The summed E-state index contributed by atoms with van der Waals surface area (Å²) in [6, 6.07) is 10.1. The van der Waals surface area contributed by atoms with Gasteiger partial charge in [-0.25, -0.2) is 4.39 Å². The predicted octanol–water partition coefficient (Wildman–Crippen LogP) is 4.29. The van der Waals surface area contributed by atoms with Crippen LogP contribution in [-0.2, 0) is 6.61 Å². The Hall–Kier alpha value is -1.68. The van der Waals surface area contributed by atoms with Crippen LogP contribution in [-0.4, -0.2) is 6.29 Å². The number of hydrogen-bond donors (Lipinski definition) is 0. The first-order valence-corrected chi connectivity index (χ1v) is 6.53. The van der Waals surface area contributed by atoms with E-state index in [0.717, 1.165) is 11.8 Å². The predicted molar refractivity (Wildman–Crippen MR) is 75.0 cm³/mol. The van der Waals surface area contributed by atoms with E-state index in [4.69, 9.17) is 4.74 Å². The topological polar surface area (TPSA) is 26.3 Å². The fourth-order valence-corrected chi connectivity index (χ4v) is 2.15. The fourth-order valence-electron chi connectivity index (χ4n) is 1.77. The van der Waals surface area contributed by atoms with Crippen molar-refractivity contribution in [3.8, 4) is 5.75 Å². The van der Waals surface area contributed by atoms with Crippen molar-refractivity contribution >= 4 is 22.2 Å². The van der Waals surface area contributed by atoms with Crippen LogP contribution in [0.1, 0.15) is 21.5 Å². The smallest absolute Gasteiger partial charge is 0.153 e. The highest BCUT2D eigenvalue weighted by Crippen LogP contribution is 2.26. The molecule has 0 atom stereocenters. The molecule has 0 heterocycles. The second-order valence-corrected chi connectivity index (χ2v) is 4.91. The van der Waals surface area contributed by atoms with Crippen LogP contribution in [0.25, 0.3) is 0 Å². The molecule has 0 saturated carbocycles. The van der Waals surface area contributed by atoms with Gasteiger partial charge in [-0.2, -0.15) is 0 Å². The molecular weight excluding hydrogens is 311 g/mol. The summed E-state index contributed by atoms with van der Waals surface area (Å²) in [7, 11) is 0. The van der Waals surface area contributed by atoms with E-state index in [1.807, 2.05) is 13.0 Å². The summed E-state index contributed by atoms with van der Waals surface area (Å²) in [5.74, 6) is 0.204. The van der Waals surface area contributed by atoms with E-state index >= 15 is 0 Å². The Kier molecular flexibility index (Phi) is 4.32. The number of ether oxygens (including phenoxy) is 1. The average Bonchev–Trinajstić information content (AvgIpc) is 2.41. The second-order valence-electron chi connectivity index (χ2n) is 4.11. The Morgan fingerprint density at radius 2 is 2.00 bits per heavy atom. The number of carbonyl (C=O) groups excluding carboxylic acids is 1. The number of para-hydroxylation sites is 1. The molecule has 0 aliphatic carbocycles. The summed E-state index contributed by atoms with van der Waals surface area (Å²) in [5.41, 5.74) is 2.06. The van der Waals surface area contributed by atoms with Crippen LogP contribution >= 0.6 is 15.9 Å². The number of benzene rings is 2. The molecule has 0 amide bonds. The Morgan fingerprint density at radius 3 is 2.74 bits per heavy atom. The van der Waals surface area contributed by atoms with Crippen LogP contribution < -0.4 is 4.74 Å². The van der Waals surface area contributed by atoms with E-state index in [-0.39, 0.29) is 12.4 Å². The molecule has 0 fully saturated rings. The van der Waals surface area contributed by atoms with Gasteiger partial charge >= 0.3 is 0 Å². The number of rotatable bonds is 4. The SMILES string of the molecule is Cc1cccc(C=O)c1OCc1cccc(F)c1Br. The van der Waals surface area contributed by atoms with Gasteiger partial charge in [-0.05, 0) is 40.5 Å². The van der Waals surface area contributed by atoms with Gasteiger partial charge in [0.15, 0.2) is 6.29 Å². The summed E-state index contributed by atoms with van der Waals surface area (Å²) in [4.78, 5) is 11.0. The second kappa shape index (κ2) is 5.97. The zero-order valence-electron chi connectivity index (χ0n) is 10.3. The van der Waals surface area contributed by atoms with Crippen LogP contribution in [0.15, 0.2) is 40.9 Å². The standard InChI is InChI=1S/C15H12BrFO2/c1-10-4-2-5-11(8-18)15(10)19-9-12-6-3-7-13(17)14(12)16/h2-8H,9H2,1H3. The third-order valence-electron chi connectivity index (χ3n) is 2.77. The van der Waals surface area contributed by atoms with Gasteiger partial charge in [-0.1, -0.05) is 24.3 Å². The van der Waals surface area contributed by atoms with Crippen LogP contribution in [0.4, 0.5) is 4.39 Å². The molecule has 0 N–H and O–H groups in total. The summed E-state index contributed by atoms with van der Waals surface area (Å²) in [5, 5.41) is 0. The maximum absolute atomic E-state index is 13.4. The molecule has 4 heteroatoms. The first kappa shape index (κ1) is 13.7. The summed E-state index contributed by atoms with van der Waals surface area (Å²) in [6.45, 7) is 2.06. The number of carbonyl (C=O) groups is 1. The average molecular weight is 323 g/mol. The van der Waals surface area contributed by atoms with Crippen molar-refractivity contribution in [2.45, 2.75) is 13.5 Å². The molecule has 2 aromatic carbocycles. The van der Waals surface area contributed by atoms with Gasteiger partial charge in [0.2, 0.25) is 0 Å². The van der Waals surface area contributed by atoms with Gasteiger partial charge in [0.25, 0.3) is 0 Å². The van der Waals surface area contributed by atoms with Crippen LogP contribution in [0.5, 0.6) is 5.75 Å². The Labute approximate surface area is 119 Å². The molecule has 2 rings (SSSR count). The molecule has 0 aliphatic rings. The highest BCUT2D eigenvalue weighted by molar-refractivity contribution is 9.10. The van der Waals surface area contributed by atoms with Crippen LogP contribution in [0.3, 0.4) is 0 Å². The van der Waals surface area contributed by atoms with Crippen molar-refractivity contribution in [1.29, 1.82) is 0 Å². The fraction of sp³-hybridized carbons (Fsp3) is 0.133. The quantitative estimate of drug-likeness (QED) is 0.785. The van der Waals surface area contributed by atoms with Crippen molar-refractivity contribution in [3.63, 3.8) is 0 Å². The maximum atomic E-state index is 13.4. The maximum Gasteiger partial charge on any atom is 0.153 e. The molecule has 2 nitrogen and oxygen atoms in total. The minimum Gasteiger partial charge on any atom is -0.488 e. The molecule has 0 aliphatic heterocycles. The van der Waals surface area contributed by atoms with E-state index in [2.05, 4.69) is 15.9 Å². The zero-order chi connectivity index (χ0) is 13.8. The van der Waals surface area contributed by atoms with Crippen molar-refractivity contribution in [1.82, 2.24) is 0 Å². The van der Waals surface area contributed by atoms with E-state index in [1.165, 1.54) is 6.07 Å². The number of aryl methyl sites for hydroxylation is 1. The molecular formula is C15H12BrFO2. The molecule has 0 radical (unpaired) electrons. The van der Waals surface area contributed by atoms with E-state index < -0.39 is 0 Å². The molecule has 0 unspecified atom stereocenters. The Morgan fingerprint density at radius 1 is 1.26 bits per heavy atom. The highest BCUT2D eigenvalue weighted by Gasteiger charge is 2.09. The Balaban J connectivity index is 2.24. The minimum atomic E-state index is -0.332. The molecule has 0 bridgehead atoms. The van der Waals surface area contributed by atoms with Gasteiger partial charge in [0.1, 0.15) is 18.2 Å². The number of halogens is 2. The third-order valence-corrected chi connectivity index (χ3v) is 3.66. The molecule has 0 aromatic heterocycles. The van der Waals surface area contributed by atoms with Crippen molar-refractivity contribution in [2.24, 2.45) is 0 Å². The molecule has 19 heavy (non-hydrogen) atoms. The monoisotopic (exact) mass is 322 g/mol. The largest absolute Gasteiger partial charge is 0.488 e. The first-order valence-electron chi connectivity index (χ1n) is 5.74. The lowest BCUT2D eigenvalue weighted by Crippen LogP contribution is -2.01. The number of aldehydes is 1. The van der Waals surface area contributed by atoms with Crippen molar-refractivity contribution in [3.05, 3.63) is 63.4 Å². The third kappa shape index (κ3) is 3.01. The molecule has 2 aromatic rings. The lowest BCUT2D eigenvalue weighted by Gasteiger charge is -2.12. The minimum absolute atomic E-state index is 0.198. The van der Waals surface area contributed by atoms with Crippen molar-refractivity contribution in [2.75, 3.05) is 0 Å². The summed E-state index contributed by atoms with van der Waals surface area (Å²) in [6.07, 6.45) is 0.753. The van der Waals surface area contributed by atoms with E-state index in [9.17, 15) is 9.18 Å². The van der Waals surface area contributed by atoms with E-state index in [0.29, 0.717) is 21.3 Å². The summed E-state index contributed by atoms with van der Waals surface area (Å²) < 4.78 is 19.4. The van der Waals surface area contributed by atoms with Gasteiger partial charge in [-0.15, -0.1) is 0 Å². The Bertz CT molecular complexity index is 611. The molecule has 0 saturated heterocycles. The number of hydrogen-bond acceptors (Lipinski definition) is 2. The van der Waals surface area contributed by atoms with Crippen LogP contribution in [0.2, 0.25) is 0 Å². The van der Waals surface area contributed by atoms with Crippen molar-refractivity contribution < 1.29 is 13.9 Å². The normalized spacial score (nSPS) is 10.3. The van der Waals surface area contributed by atoms with Gasteiger partial charge < -0.3 is 4.74 Å². The lowest BCUT2D eigenvalue weighted by atomic mass is 10.1. The summed E-state index contributed by atoms with van der Waals surface area (Å²) >= 11 is 3.18. The molecule has 98 valence electrons. The van der Waals surface area contributed by atoms with Crippen LogP contribution in [0, 0.1) is 12.7 Å². The molecule has 0 spiro atoms. The van der Waals surface area contributed by atoms with Gasteiger partial charge in [0.05, 0.1) is 10.0 Å². The highest BCUT2D eigenvalue weighted by atomic mass is 79.9. The van der Waals surface area contributed by atoms with Gasteiger partial charge in [0, 0.05) is 5.56 Å². The zero-order valence-corrected chi connectivity index (χ0v) is 11.9. The first-order chi connectivity index (χ1) is 9.13. The van der Waals surface area contributed by atoms with E-state index in [1.54, 1.807) is 24.3 Å².